The summed E-state index contributed by atoms with van der Waals surface area (Å²) in [5, 5.41) is 3.78. The van der Waals surface area contributed by atoms with Gasteiger partial charge in [0.1, 0.15) is 22.9 Å². The van der Waals surface area contributed by atoms with E-state index >= 15 is 0 Å². The molecule has 0 radical (unpaired) electrons. The van der Waals surface area contributed by atoms with E-state index in [4.69, 9.17) is 9.15 Å². The lowest BCUT2D eigenvalue weighted by Crippen LogP contribution is -1.96. The number of fused-ring (bicyclic) bond motifs is 1. The lowest BCUT2D eigenvalue weighted by atomic mass is 10.1. The summed E-state index contributed by atoms with van der Waals surface area (Å²) >= 11 is 0. The molecule has 25 heavy (non-hydrogen) atoms. The van der Waals surface area contributed by atoms with Crippen LogP contribution in [0.1, 0.15) is 18.2 Å². The summed E-state index contributed by atoms with van der Waals surface area (Å²) in [6, 6.07) is 11.0. The van der Waals surface area contributed by atoms with Crippen molar-refractivity contribution in [1.82, 2.24) is 4.98 Å². The van der Waals surface area contributed by atoms with Crippen molar-refractivity contribution >= 4 is 28.9 Å². The number of furan rings is 1. The Morgan fingerprint density at radius 2 is 2.08 bits per heavy atom. The summed E-state index contributed by atoms with van der Waals surface area (Å²) in [5.74, 6) is 1.50. The molecule has 0 aliphatic rings. The first-order valence-electron chi connectivity index (χ1n) is 7.87. The first-order valence-corrected chi connectivity index (χ1v) is 7.87. The van der Waals surface area contributed by atoms with Crippen LogP contribution in [-0.4, -0.2) is 19.1 Å². The van der Waals surface area contributed by atoms with Crippen molar-refractivity contribution in [1.29, 1.82) is 0 Å². The maximum atomic E-state index is 13.9. The Hall–Kier alpha value is -3.08. The number of hydrogen-bond donors (Lipinski definition) is 1. The van der Waals surface area contributed by atoms with Crippen LogP contribution in [-0.2, 0) is 0 Å². The van der Waals surface area contributed by atoms with Crippen molar-refractivity contribution < 1.29 is 13.5 Å². The number of hydrogen-bond acceptors (Lipinski definition) is 4. The quantitative estimate of drug-likeness (QED) is 0.517. The second-order valence-electron chi connectivity index (χ2n) is 5.60. The van der Waals surface area contributed by atoms with Crippen molar-refractivity contribution in [3.63, 3.8) is 0 Å². The standard InChI is InChI=1S/C20H19FN2O2/c1-13(10-14-5-9-19(22-2)23-20(14)21)4-6-17-12-15-11-16(24-3)7-8-18(15)25-17/h4-12H,1-3H3,(H,22,23)/b6-4+,13-10+. The molecule has 1 N–H and O–H groups in total. The summed E-state index contributed by atoms with van der Waals surface area (Å²) in [5.41, 5.74) is 2.12. The van der Waals surface area contributed by atoms with Gasteiger partial charge < -0.3 is 14.5 Å². The van der Waals surface area contributed by atoms with E-state index in [0.29, 0.717) is 11.4 Å². The van der Waals surface area contributed by atoms with Crippen LogP contribution in [0, 0.1) is 5.95 Å². The molecule has 4 nitrogen and oxygen atoms in total. The first kappa shape index (κ1) is 16.8. The number of ether oxygens (including phenoxy) is 1. The van der Waals surface area contributed by atoms with Gasteiger partial charge in [0.05, 0.1) is 7.11 Å². The van der Waals surface area contributed by atoms with Gasteiger partial charge in [-0.25, -0.2) is 4.98 Å². The zero-order valence-corrected chi connectivity index (χ0v) is 14.3. The molecule has 2 heterocycles. The van der Waals surface area contributed by atoms with Crippen LogP contribution in [0.15, 0.2) is 52.5 Å². The largest absolute Gasteiger partial charge is 0.497 e. The van der Waals surface area contributed by atoms with Crippen LogP contribution in [0.2, 0.25) is 0 Å². The molecule has 3 rings (SSSR count). The van der Waals surface area contributed by atoms with Gasteiger partial charge in [-0.3, -0.25) is 0 Å². The van der Waals surface area contributed by atoms with Crippen molar-refractivity contribution in [2.45, 2.75) is 6.92 Å². The van der Waals surface area contributed by atoms with Gasteiger partial charge in [-0.05, 0) is 55.5 Å². The molecule has 0 saturated carbocycles. The van der Waals surface area contributed by atoms with Gasteiger partial charge in [0.25, 0.3) is 0 Å². The topological polar surface area (TPSA) is 47.3 Å². The van der Waals surface area contributed by atoms with Gasteiger partial charge in [-0.1, -0.05) is 11.6 Å². The van der Waals surface area contributed by atoms with Crippen LogP contribution in [0.3, 0.4) is 0 Å². The Bertz CT molecular complexity index is 957. The number of methoxy groups -OCH3 is 1. The number of nitrogens with one attached hydrogen (secondary N) is 1. The molecule has 3 aromatic rings. The molecule has 1 aromatic carbocycles. The van der Waals surface area contributed by atoms with E-state index in [9.17, 15) is 4.39 Å². The first-order chi connectivity index (χ1) is 12.1. The average molecular weight is 338 g/mol. The minimum absolute atomic E-state index is 0.440. The Kier molecular flexibility index (Phi) is 4.84. The number of anilines is 1. The minimum atomic E-state index is -0.504. The Balaban J connectivity index is 1.81. The van der Waals surface area contributed by atoms with Crippen LogP contribution >= 0.6 is 0 Å². The fourth-order valence-electron chi connectivity index (χ4n) is 2.45. The van der Waals surface area contributed by atoms with Crippen LogP contribution in [0.5, 0.6) is 5.75 Å². The van der Waals surface area contributed by atoms with Crippen LogP contribution < -0.4 is 10.1 Å². The highest BCUT2D eigenvalue weighted by Crippen LogP contribution is 2.25. The molecule has 5 heteroatoms. The minimum Gasteiger partial charge on any atom is -0.497 e. The molecular formula is C20H19FN2O2. The van der Waals surface area contributed by atoms with Gasteiger partial charge in [-0.15, -0.1) is 0 Å². The van der Waals surface area contributed by atoms with Crippen molar-refractivity contribution in [3.8, 4) is 5.75 Å². The van der Waals surface area contributed by atoms with Crippen LogP contribution in [0.4, 0.5) is 10.2 Å². The van der Waals surface area contributed by atoms with Crippen molar-refractivity contribution in [2.75, 3.05) is 19.5 Å². The third-order valence-electron chi connectivity index (χ3n) is 3.77. The van der Waals surface area contributed by atoms with Gasteiger partial charge in [0.2, 0.25) is 5.95 Å². The summed E-state index contributed by atoms with van der Waals surface area (Å²) in [7, 11) is 3.33. The third kappa shape index (κ3) is 3.88. The fourth-order valence-corrected chi connectivity index (χ4v) is 2.45. The SMILES string of the molecule is CNc1ccc(/C=C(C)/C=C/c2cc3cc(OC)ccc3o2)c(F)n1. The molecule has 0 bridgehead atoms. The number of aromatic nitrogens is 1. The monoisotopic (exact) mass is 338 g/mol. The molecule has 0 amide bonds. The number of nitrogens with zero attached hydrogens (tertiary/aromatic N) is 1. The summed E-state index contributed by atoms with van der Waals surface area (Å²) < 4.78 is 24.9. The molecule has 0 aliphatic heterocycles. The van der Waals surface area contributed by atoms with Crippen molar-refractivity contribution in [2.24, 2.45) is 0 Å². The lowest BCUT2D eigenvalue weighted by Gasteiger charge is -2.01. The molecular weight excluding hydrogens is 319 g/mol. The smallest absolute Gasteiger partial charge is 0.222 e. The average Bonchev–Trinajstić information content (AvgIpc) is 3.03. The zero-order chi connectivity index (χ0) is 17.8. The highest BCUT2D eigenvalue weighted by atomic mass is 19.1. The molecule has 0 fully saturated rings. The van der Waals surface area contributed by atoms with E-state index in [0.717, 1.165) is 28.1 Å². The van der Waals surface area contributed by atoms with Gasteiger partial charge in [0, 0.05) is 18.0 Å². The molecule has 0 saturated heterocycles. The third-order valence-corrected chi connectivity index (χ3v) is 3.77. The molecule has 0 spiro atoms. The van der Waals surface area contributed by atoms with E-state index in [1.165, 1.54) is 0 Å². The van der Waals surface area contributed by atoms with Crippen molar-refractivity contribution in [3.05, 3.63) is 65.3 Å². The fraction of sp³-hybridized carbons (Fsp3) is 0.150. The van der Waals surface area contributed by atoms with Gasteiger partial charge >= 0.3 is 0 Å². The second kappa shape index (κ2) is 7.21. The van der Waals surface area contributed by atoms with Crippen LogP contribution in [0.25, 0.3) is 23.1 Å². The number of rotatable bonds is 5. The second-order valence-corrected chi connectivity index (χ2v) is 5.60. The number of halogens is 1. The Labute approximate surface area is 145 Å². The summed E-state index contributed by atoms with van der Waals surface area (Å²) in [6.07, 6.45) is 5.47. The summed E-state index contributed by atoms with van der Waals surface area (Å²) in [6.45, 7) is 1.90. The Morgan fingerprint density at radius 1 is 1.24 bits per heavy atom. The molecule has 2 aromatic heterocycles. The van der Waals surface area contributed by atoms with E-state index in [1.807, 2.05) is 43.3 Å². The van der Waals surface area contributed by atoms with E-state index in [1.54, 1.807) is 32.4 Å². The van der Waals surface area contributed by atoms with E-state index < -0.39 is 5.95 Å². The molecule has 0 unspecified atom stereocenters. The highest BCUT2D eigenvalue weighted by Gasteiger charge is 2.04. The Morgan fingerprint density at radius 3 is 2.80 bits per heavy atom. The number of benzene rings is 1. The molecule has 128 valence electrons. The molecule has 0 atom stereocenters. The van der Waals surface area contributed by atoms with E-state index in [2.05, 4.69) is 10.3 Å². The zero-order valence-electron chi connectivity index (χ0n) is 14.3. The van der Waals surface area contributed by atoms with E-state index in [-0.39, 0.29) is 0 Å². The normalized spacial score (nSPS) is 12.1. The summed E-state index contributed by atoms with van der Waals surface area (Å²) in [4.78, 5) is 3.83. The van der Waals surface area contributed by atoms with Gasteiger partial charge in [0.15, 0.2) is 0 Å². The molecule has 0 aliphatic carbocycles. The number of allylic oxidation sites excluding steroid dienone is 2. The van der Waals surface area contributed by atoms with Gasteiger partial charge in [-0.2, -0.15) is 4.39 Å². The predicted octanol–water partition coefficient (Wildman–Crippen LogP) is 5.13. The lowest BCUT2D eigenvalue weighted by molar-refractivity contribution is 0.415. The number of pyridine rings is 1. The maximum Gasteiger partial charge on any atom is 0.222 e. The maximum absolute atomic E-state index is 13.9. The highest BCUT2D eigenvalue weighted by molar-refractivity contribution is 5.81. The predicted molar refractivity (Wildman–Crippen MR) is 99.2 cm³/mol.